The maximum Gasteiger partial charge on any atom is 0.134 e. The molecule has 1 aliphatic carbocycles. The molecule has 0 radical (unpaired) electrons. The lowest BCUT2D eigenvalue weighted by Crippen LogP contribution is -2.16. The van der Waals surface area contributed by atoms with Gasteiger partial charge < -0.3 is 10.4 Å². The van der Waals surface area contributed by atoms with Gasteiger partial charge in [-0.15, -0.1) is 0 Å². The Bertz CT molecular complexity index is 452. The van der Waals surface area contributed by atoms with Gasteiger partial charge in [0.25, 0.3) is 0 Å². The molecule has 1 aliphatic heterocycles. The van der Waals surface area contributed by atoms with Gasteiger partial charge in [0, 0.05) is 11.6 Å². The van der Waals surface area contributed by atoms with Crippen LogP contribution in [0.25, 0.3) is 0 Å². The van der Waals surface area contributed by atoms with Gasteiger partial charge in [-0.25, -0.2) is 0 Å². The fourth-order valence-electron chi connectivity index (χ4n) is 3.37. The van der Waals surface area contributed by atoms with E-state index < -0.39 is 0 Å². The van der Waals surface area contributed by atoms with Gasteiger partial charge in [0.1, 0.15) is 5.75 Å². The van der Waals surface area contributed by atoms with Gasteiger partial charge in [-0.3, -0.25) is 0 Å². The normalized spacial score (nSPS) is 23.7. The van der Waals surface area contributed by atoms with Crippen LogP contribution in [-0.2, 0) is 12.8 Å². The Labute approximate surface area is 117 Å². The van der Waals surface area contributed by atoms with Gasteiger partial charge in [0.05, 0.1) is 4.47 Å². The zero-order valence-electron chi connectivity index (χ0n) is 10.6. The van der Waals surface area contributed by atoms with Crippen molar-refractivity contribution >= 4 is 15.9 Å². The van der Waals surface area contributed by atoms with Crippen molar-refractivity contribution in [2.45, 2.75) is 51.0 Å². The SMILES string of the molecule is Oc1c(Br)cc2c(c1C1CCCN1)CCCCC2. The zero-order chi connectivity index (χ0) is 12.5. The smallest absolute Gasteiger partial charge is 0.134 e. The molecule has 1 heterocycles. The minimum absolute atomic E-state index is 0.356. The van der Waals surface area contributed by atoms with Crippen LogP contribution in [0.2, 0.25) is 0 Å². The van der Waals surface area contributed by atoms with Crippen molar-refractivity contribution in [3.8, 4) is 5.75 Å². The predicted octanol–water partition coefficient (Wildman–Crippen LogP) is 3.85. The molecule has 3 heteroatoms. The van der Waals surface area contributed by atoms with Crippen molar-refractivity contribution in [1.29, 1.82) is 0 Å². The molecule has 0 aromatic heterocycles. The molecule has 1 aromatic carbocycles. The monoisotopic (exact) mass is 309 g/mol. The fourth-order valence-corrected chi connectivity index (χ4v) is 3.86. The van der Waals surface area contributed by atoms with Crippen LogP contribution in [0.5, 0.6) is 5.75 Å². The van der Waals surface area contributed by atoms with E-state index in [1.54, 1.807) is 0 Å². The summed E-state index contributed by atoms with van der Waals surface area (Å²) in [7, 11) is 0. The molecule has 2 N–H and O–H groups in total. The largest absolute Gasteiger partial charge is 0.506 e. The van der Waals surface area contributed by atoms with E-state index in [4.69, 9.17) is 0 Å². The van der Waals surface area contributed by atoms with Crippen LogP contribution in [-0.4, -0.2) is 11.7 Å². The van der Waals surface area contributed by atoms with Crippen LogP contribution in [0, 0.1) is 0 Å². The number of halogens is 1. The maximum atomic E-state index is 10.4. The van der Waals surface area contributed by atoms with Crippen LogP contribution in [0.1, 0.15) is 54.8 Å². The predicted molar refractivity (Wildman–Crippen MR) is 77.0 cm³/mol. The number of aryl methyl sites for hydroxylation is 1. The Kier molecular flexibility index (Phi) is 3.62. The van der Waals surface area contributed by atoms with Crippen molar-refractivity contribution in [2.75, 3.05) is 6.54 Å². The fraction of sp³-hybridized carbons (Fsp3) is 0.600. The van der Waals surface area contributed by atoms with Gasteiger partial charge in [-0.1, -0.05) is 6.42 Å². The van der Waals surface area contributed by atoms with E-state index in [1.807, 2.05) is 0 Å². The average Bonchev–Trinajstić information content (AvgIpc) is 2.78. The minimum Gasteiger partial charge on any atom is -0.506 e. The first-order valence-electron chi connectivity index (χ1n) is 7.04. The van der Waals surface area contributed by atoms with Crippen LogP contribution >= 0.6 is 15.9 Å². The number of phenols is 1. The summed E-state index contributed by atoms with van der Waals surface area (Å²) >= 11 is 3.52. The molecule has 98 valence electrons. The Hall–Kier alpha value is -0.540. The molecular formula is C15H20BrNO. The minimum atomic E-state index is 0.356. The molecule has 0 saturated carbocycles. The number of nitrogens with one attached hydrogen (secondary N) is 1. The number of benzene rings is 1. The number of phenolic OH excluding ortho intramolecular Hbond substituents is 1. The standard InChI is InChI=1S/C15H20BrNO/c16-12-9-10-5-2-1-3-6-11(10)14(15(12)18)13-7-4-8-17-13/h9,13,17-18H,1-8H2. The molecule has 1 aromatic rings. The van der Waals surface area contributed by atoms with Crippen molar-refractivity contribution < 1.29 is 5.11 Å². The summed E-state index contributed by atoms with van der Waals surface area (Å²) in [6.07, 6.45) is 8.50. The van der Waals surface area contributed by atoms with E-state index in [-0.39, 0.29) is 0 Å². The van der Waals surface area contributed by atoms with Crippen LogP contribution in [0.4, 0.5) is 0 Å². The summed E-state index contributed by atoms with van der Waals surface area (Å²) in [6, 6.07) is 2.49. The summed E-state index contributed by atoms with van der Waals surface area (Å²) in [5, 5.41) is 13.9. The Morgan fingerprint density at radius 3 is 2.78 bits per heavy atom. The Morgan fingerprint density at radius 2 is 2.00 bits per heavy atom. The first kappa shape index (κ1) is 12.5. The maximum absolute atomic E-state index is 10.4. The molecular weight excluding hydrogens is 290 g/mol. The quantitative estimate of drug-likeness (QED) is 0.772. The second-order valence-electron chi connectivity index (χ2n) is 5.47. The number of rotatable bonds is 1. The average molecular weight is 310 g/mol. The molecule has 0 spiro atoms. The van der Waals surface area contributed by atoms with Gasteiger partial charge in [0.15, 0.2) is 0 Å². The van der Waals surface area contributed by atoms with Crippen LogP contribution < -0.4 is 5.32 Å². The van der Waals surface area contributed by atoms with E-state index >= 15 is 0 Å². The first-order valence-corrected chi connectivity index (χ1v) is 7.83. The van der Waals surface area contributed by atoms with Crippen molar-refractivity contribution in [3.05, 3.63) is 27.2 Å². The third kappa shape index (κ3) is 2.19. The topological polar surface area (TPSA) is 32.3 Å². The summed E-state index contributed by atoms with van der Waals surface area (Å²) in [4.78, 5) is 0. The molecule has 2 aliphatic rings. The second kappa shape index (κ2) is 5.22. The first-order chi connectivity index (χ1) is 8.77. The lowest BCUT2D eigenvalue weighted by Gasteiger charge is -2.21. The second-order valence-corrected chi connectivity index (χ2v) is 6.32. The lowest BCUT2D eigenvalue weighted by atomic mass is 9.91. The molecule has 18 heavy (non-hydrogen) atoms. The highest BCUT2D eigenvalue weighted by molar-refractivity contribution is 9.10. The molecule has 2 nitrogen and oxygen atoms in total. The third-order valence-electron chi connectivity index (χ3n) is 4.28. The summed E-state index contributed by atoms with van der Waals surface area (Å²) in [5.74, 6) is 0.468. The highest BCUT2D eigenvalue weighted by atomic mass is 79.9. The summed E-state index contributed by atoms with van der Waals surface area (Å²) in [6.45, 7) is 1.07. The Morgan fingerprint density at radius 1 is 1.17 bits per heavy atom. The van der Waals surface area contributed by atoms with E-state index in [9.17, 15) is 5.11 Å². The number of fused-ring (bicyclic) bond motifs is 1. The molecule has 1 atom stereocenters. The van der Waals surface area contributed by atoms with Gasteiger partial charge in [0.2, 0.25) is 0 Å². The number of hydrogen-bond acceptors (Lipinski definition) is 2. The van der Waals surface area contributed by atoms with Crippen LogP contribution in [0.3, 0.4) is 0 Å². The molecule has 0 bridgehead atoms. The molecule has 1 saturated heterocycles. The third-order valence-corrected chi connectivity index (χ3v) is 4.88. The zero-order valence-corrected chi connectivity index (χ0v) is 12.2. The van der Waals surface area contributed by atoms with Crippen molar-refractivity contribution in [1.82, 2.24) is 5.32 Å². The van der Waals surface area contributed by atoms with E-state index in [2.05, 4.69) is 27.3 Å². The molecule has 1 unspecified atom stereocenters. The summed E-state index contributed by atoms with van der Waals surface area (Å²) < 4.78 is 0.867. The number of aromatic hydroxyl groups is 1. The van der Waals surface area contributed by atoms with Crippen molar-refractivity contribution in [3.63, 3.8) is 0 Å². The van der Waals surface area contributed by atoms with Gasteiger partial charge in [-0.2, -0.15) is 0 Å². The number of hydrogen-bond donors (Lipinski definition) is 2. The highest BCUT2D eigenvalue weighted by Gasteiger charge is 2.26. The molecule has 0 amide bonds. The Balaban J connectivity index is 2.11. The highest BCUT2D eigenvalue weighted by Crippen LogP contribution is 2.41. The van der Waals surface area contributed by atoms with Crippen LogP contribution in [0.15, 0.2) is 10.5 Å². The van der Waals surface area contributed by atoms with Gasteiger partial charge >= 0.3 is 0 Å². The summed E-state index contributed by atoms with van der Waals surface area (Å²) in [5.41, 5.74) is 4.05. The van der Waals surface area contributed by atoms with E-state index in [0.29, 0.717) is 11.8 Å². The molecule has 1 fully saturated rings. The van der Waals surface area contributed by atoms with Crippen molar-refractivity contribution in [2.24, 2.45) is 0 Å². The molecule has 3 rings (SSSR count). The lowest BCUT2D eigenvalue weighted by molar-refractivity contribution is 0.451. The van der Waals surface area contributed by atoms with E-state index in [1.165, 1.54) is 42.4 Å². The van der Waals surface area contributed by atoms with Gasteiger partial charge in [-0.05, 0) is 78.2 Å². The van der Waals surface area contributed by atoms with E-state index in [0.717, 1.165) is 30.3 Å².